The summed E-state index contributed by atoms with van der Waals surface area (Å²) >= 11 is 0. The van der Waals surface area contributed by atoms with Crippen LogP contribution in [0.25, 0.3) is 0 Å². The first-order valence-electron chi connectivity index (χ1n) is 7.72. The normalized spacial score (nSPS) is 13.0. The summed E-state index contributed by atoms with van der Waals surface area (Å²) in [6.45, 7) is 3.20. The van der Waals surface area contributed by atoms with E-state index >= 15 is 0 Å². The van der Waals surface area contributed by atoms with Crippen LogP contribution in [0.3, 0.4) is 0 Å². The van der Waals surface area contributed by atoms with Gasteiger partial charge in [0.2, 0.25) is 0 Å². The fourth-order valence-electron chi connectivity index (χ4n) is 1.80. The molecule has 0 aromatic heterocycles. The third-order valence-electron chi connectivity index (χ3n) is 3.06. The molecule has 4 N–H and O–H groups in total. The van der Waals surface area contributed by atoms with Gasteiger partial charge in [0.15, 0.2) is 5.96 Å². The van der Waals surface area contributed by atoms with Crippen molar-refractivity contribution >= 4 is 5.96 Å². The number of ether oxygens (including phenoxy) is 1. The van der Waals surface area contributed by atoms with Crippen molar-refractivity contribution < 1.29 is 14.2 Å². The van der Waals surface area contributed by atoms with Gasteiger partial charge in [-0.3, -0.25) is 4.99 Å². The number of nitrogens with zero attached hydrogens (tertiary/aromatic N) is 1. The number of rotatable bonds is 10. The molecule has 22 heavy (non-hydrogen) atoms. The van der Waals surface area contributed by atoms with E-state index in [-0.39, 0.29) is 19.0 Å². The zero-order valence-electron chi connectivity index (χ0n) is 13.1. The van der Waals surface area contributed by atoms with Crippen molar-refractivity contribution in [2.45, 2.75) is 38.7 Å². The van der Waals surface area contributed by atoms with Gasteiger partial charge in [-0.1, -0.05) is 26.2 Å². The van der Waals surface area contributed by atoms with Crippen LogP contribution in [0.1, 0.15) is 32.6 Å². The minimum Gasteiger partial charge on any atom is -0.491 e. The molecule has 1 rings (SSSR count). The standard InChI is InChI=1S/C16H26FN3O2/c1-2-3-4-5-10-19-16(18)20-11-14(21)12-22-15-8-6-13(17)7-9-15/h6-9,14,21H,2-5,10-12H2,1H3,(H3,18,19,20). The number of aliphatic hydroxyl groups is 1. The quantitative estimate of drug-likeness (QED) is 0.351. The highest BCUT2D eigenvalue weighted by Gasteiger charge is 2.05. The Morgan fingerprint density at radius 2 is 2.05 bits per heavy atom. The summed E-state index contributed by atoms with van der Waals surface area (Å²) in [5.41, 5.74) is 5.71. The number of aliphatic hydroxyl groups excluding tert-OH is 1. The number of guanidine groups is 1. The maximum absolute atomic E-state index is 12.7. The lowest BCUT2D eigenvalue weighted by Gasteiger charge is -2.11. The highest BCUT2D eigenvalue weighted by molar-refractivity contribution is 5.77. The van der Waals surface area contributed by atoms with Gasteiger partial charge in [0.05, 0.1) is 6.54 Å². The molecule has 0 amide bonds. The number of hydrogen-bond acceptors (Lipinski definition) is 3. The molecule has 0 aliphatic carbocycles. The van der Waals surface area contributed by atoms with Gasteiger partial charge in [0, 0.05) is 6.54 Å². The van der Waals surface area contributed by atoms with Gasteiger partial charge in [0.1, 0.15) is 24.3 Å². The number of hydrogen-bond donors (Lipinski definition) is 3. The number of halogens is 1. The first-order valence-corrected chi connectivity index (χ1v) is 7.72. The van der Waals surface area contributed by atoms with Crippen LogP contribution in [0.4, 0.5) is 4.39 Å². The number of nitrogens with one attached hydrogen (secondary N) is 1. The van der Waals surface area contributed by atoms with Crippen LogP contribution in [0.15, 0.2) is 29.3 Å². The van der Waals surface area contributed by atoms with Crippen molar-refractivity contribution in [3.63, 3.8) is 0 Å². The fraction of sp³-hybridized carbons (Fsp3) is 0.562. The van der Waals surface area contributed by atoms with E-state index in [9.17, 15) is 9.50 Å². The summed E-state index contributed by atoms with van der Waals surface area (Å²) in [6.07, 6.45) is 3.89. The second-order valence-electron chi connectivity index (χ2n) is 5.13. The molecule has 0 spiro atoms. The summed E-state index contributed by atoms with van der Waals surface area (Å²) in [6, 6.07) is 5.63. The van der Waals surface area contributed by atoms with Crippen LogP contribution >= 0.6 is 0 Å². The second kappa shape index (κ2) is 10.8. The number of benzene rings is 1. The maximum atomic E-state index is 12.7. The van der Waals surface area contributed by atoms with E-state index in [1.807, 2.05) is 0 Å². The van der Waals surface area contributed by atoms with Gasteiger partial charge in [-0.05, 0) is 30.7 Å². The van der Waals surface area contributed by atoms with Crippen LogP contribution in [-0.2, 0) is 0 Å². The molecule has 5 nitrogen and oxygen atoms in total. The highest BCUT2D eigenvalue weighted by Crippen LogP contribution is 2.11. The molecule has 0 bridgehead atoms. The van der Waals surface area contributed by atoms with Crippen molar-refractivity contribution in [3.05, 3.63) is 30.1 Å². The average molecular weight is 311 g/mol. The van der Waals surface area contributed by atoms with Gasteiger partial charge in [-0.2, -0.15) is 0 Å². The third-order valence-corrected chi connectivity index (χ3v) is 3.06. The number of unbranched alkanes of at least 4 members (excludes halogenated alkanes) is 3. The summed E-state index contributed by atoms with van der Waals surface area (Å²) in [5.74, 6) is 0.513. The van der Waals surface area contributed by atoms with Gasteiger partial charge in [0.25, 0.3) is 0 Å². The van der Waals surface area contributed by atoms with Crippen LogP contribution in [0, 0.1) is 5.82 Å². The van der Waals surface area contributed by atoms with Crippen LogP contribution < -0.4 is 15.8 Å². The predicted octanol–water partition coefficient (Wildman–Crippen LogP) is 2.05. The molecule has 1 aromatic carbocycles. The molecule has 0 saturated carbocycles. The zero-order chi connectivity index (χ0) is 16.2. The lowest BCUT2D eigenvalue weighted by molar-refractivity contribution is 0.114. The fourth-order valence-corrected chi connectivity index (χ4v) is 1.80. The zero-order valence-corrected chi connectivity index (χ0v) is 13.1. The van der Waals surface area contributed by atoms with Crippen LogP contribution in [0.5, 0.6) is 5.75 Å². The molecular weight excluding hydrogens is 285 g/mol. The van der Waals surface area contributed by atoms with E-state index in [4.69, 9.17) is 10.5 Å². The van der Waals surface area contributed by atoms with Crippen molar-refractivity contribution in [2.24, 2.45) is 10.7 Å². The van der Waals surface area contributed by atoms with Crippen molar-refractivity contribution in [1.29, 1.82) is 0 Å². The van der Waals surface area contributed by atoms with E-state index in [1.165, 1.54) is 43.5 Å². The van der Waals surface area contributed by atoms with Gasteiger partial charge in [-0.25, -0.2) is 4.39 Å². The van der Waals surface area contributed by atoms with E-state index in [1.54, 1.807) is 0 Å². The average Bonchev–Trinajstić information content (AvgIpc) is 2.52. The summed E-state index contributed by atoms with van der Waals surface area (Å²) in [5, 5.41) is 12.8. The highest BCUT2D eigenvalue weighted by atomic mass is 19.1. The van der Waals surface area contributed by atoms with Crippen molar-refractivity contribution in [1.82, 2.24) is 5.32 Å². The molecule has 124 valence electrons. The van der Waals surface area contributed by atoms with E-state index in [0.717, 1.165) is 13.0 Å². The molecular formula is C16H26FN3O2. The number of nitrogens with two attached hydrogens (primary N) is 1. The Hall–Kier alpha value is -1.82. The molecule has 6 heteroatoms. The topological polar surface area (TPSA) is 79.9 Å². The largest absolute Gasteiger partial charge is 0.491 e. The Morgan fingerprint density at radius 3 is 2.73 bits per heavy atom. The Balaban J connectivity index is 2.16. The van der Waals surface area contributed by atoms with Gasteiger partial charge in [-0.15, -0.1) is 0 Å². The van der Waals surface area contributed by atoms with Gasteiger partial charge >= 0.3 is 0 Å². The second-order valence-corrected chi connectivity index (χ2v) is 5.13. The summed E-state index contributed by atoms with van der Waals surface area (Å²) < 4.78 is 18.1. The third kappa shape index (κ3) is 8.46. The van der Waals surface area contributed by atoms with Gasteiger partial charge < -0.3 is 20.9 Å². The molecule has 1 atom stereocenters. The molecule has 0 saturated heterocycles. The molecule has 1 unspecified atom stereocenters. The van der Waals surface area contributed by atoms with Crippen LogP contribution in [-0.4, -0.2) is 36.9 Å². The Bertz CT molecular complexity index is 438. The predicted molar refractivity (Wildman–Crippen MR) is 86.5 cm³/mol. The molecule has 0 aliphatic heterocycles. The smallest absolute Gasteiger partial charge is 0.188 e. The molecule has 0 aliphatic rings. The Kier molecular flexibility index (Phi) is 8.98. The Labute approximate surface area is 131 Å². The first-order chi connectivity index (χ1) is 10.6. The van der Waals surface area contributed by atoms with E-state index in [2.05, 4.69) is 17.2 Å². The Morgan fingerprint density at radius 1 is 1.32 bits per heavy atom. The van der Waals surface area contributed by atoms with E-state index in [0.29, 0.717) is 11.7 Å². The monoisotopic (exact) mass is 311 g/mol. The maximum Gasteiger partial charge on any atom is 0.188 e. The molecule has 0 fully saturated rings. The SMILES string of the molecule is CCCCCCNC(N)=NCC(O)COc1ccc(F)cc1. The lowest BCUT2D eigenvalue weighted by atomic mass is 10.2. The van der Waals surface area contributed by atoms with E-state index < -0.39 is 6.10 Å². The minimum absolute atomic E-state index is 0.0823. The molecule has 0 heterocycles. The summed E-state index contributed by atoms with van der Waals surface area (Å²) in [4.78, 5) is 4.06. The first kappa shape index (κ1) is 18.2. The van der Waals surface area contributed by atoms with Crippen molar-refractivity contribution in [2.75, 3.05) is 19.7 Å². The minimum atomic E-state index is -0.759. The lowest BCUT2D eigenvalue weighted by Crippen LogP contribution is -2.34. The summed E-state index contributed by atoms with van der Waals surface area (Å²) in [7, 11) is 0. The molecule has 1 aromatic rings. The van der Waals surface area contributed by atoms with Crippen LogP contribution in [0.2, 0.25) is 0 Å². The molecule has 0 radical (unpaired) electrons. The number of aliphatic imine (C=N–C) groups is 1. The van der Waals surface area contributed by atoms with Crippen molar-refractivity contribution in [3.8, 4) is 5.75 Å².